The molecule has 1 atom stereocenters. The maximum absolute atomic E-state index is 13.0. The van der Waals surface area contributed by atoms with E-state index in [2.05, 4.69) is 0 Å². The van der Waals surface area contributed by atoms with Gasteiger partial charge in [-0.15, -0.1) is 0 Å². The average Bonchev–Trinajstić information content (AvgIpc) is 2.01. The van der Waals surface area contributed by atoms with Crippen LogP contribution in [0, 0.1) is 12.7 Å². The highest BCUT2D eigenvalue weighted by molar-refractivity contribution is 5.25. The minimum absolute atomic E-state index is 0.501. The van der Waals surface area contributed by atoms with Crippen molar-refractivity contribution in [2.75, 3.05) is 0 Å². The van der Waals surface area contributed by atoms with Crippen LogP contribution in [0.1, 0.15) is 17.2 Å². The normalized spacial score (nSPS) is 14.1. The van der Waals surface area contributed by atoms with Gasteiger partial charge >= 0.3 is 6.18 Å². The molecule has 1 nitrogen and oxygen atoms in total. The molecule has 0 saturated carbocycles. The van der Waals surface area contributed by atoms with E-state index in [-0.39, 0.29) is 0 Å². The quantitative estimate of drug-likeness (QED) is 0.703. The maximum atomic E-state index is 13.0. The van der Waals surface area contributed by atoms with Crippen molar-refractivity contribution in [3.05, 3.63) is 35.1 Å². The number of alkyl halides is 3. The molecule has 0 aromatic heterocycles. The van der Waals surface area contributed by atoms with Crippen LogP contribution in [0.2, 0.25) is 0 Å². The second kappa shape index (κ2) is 3.57. The fourth-order valence-corrected chi connectivity index (χ4v) is 1.03. The second-order valence-electron chi connectivity index (χ2n) is 2.97. The number of hydrogen-bond donors (Lipinski definition) is 1. The third kappa shape index (κ3) is 2.23. The van der Waals surface area contributed by atoms with E-state index >= 15 is 0 Å². The van der Waals surface area contributed by atoms with Gasteiger partial charge in [0.25, 0.3) is 0 Å². The number of aliphatic hydroxyl groups is 1. The van der Waals surface area contributed by atoms with Crippen molar-refractivity contribution in [3.63, 3.8) is 0 Å². The van der Waals surface area contributed by atoms with Crippen molar-refractivity contribution in [1.82, 2.24) is 0 Å². The molecule has 0 heterocycles. The van der Waals surface area contributed by atoms with E-state index in [1.54, 1.807) is 6.92 Å². The topological polar surface area (TPSA) is 20.2 Å². The number of benzene rings is 1. The van der Waals surface area contributed by atoms with Gasteiger partial charge in [-0.1, -0.05) is 12.1 Å². The second-order valence-corrected chi connectivity index (χ2v) is 2.97. The van der Waals surface area contributed by atoms with Gasteiger partial charge in [-0.25, -0.2) is 4.39 Å². The van der Waals surface area contributed by atoms with Gasteiger partial charge < -0.3 is 5.11 Å². The van der Waals surface area contributed by atoms with Gasteiger partial charge in [0.1, 0.15) is 5.82 Å². The zero-order chi connectivity index (χ0) is 10.9. The van der Waals surface area contributed by atoms with E-state index in [1.807, 2.05) is 0 Å². The monoisotopic (exact) mass is 208 g/mol. The van der Waals surface area contributed by atoms with Crippen LogP contribution < -0.4 is 0 Å². The first-order valence-electron chi connectivity index (χ1n) is 3.83. The fourth-order valence-electron chi connectivity index (χ4n) is 1.03. The Morgan fingerprint density at radius 3 is 2.29 bits per heavy atom. The van der Waals surface area contributed by atoms with Crippen LogP contribution in [-0.2, 0) is 0 Å². The highest BCUT2D eigenvalue weighted by Crippen LogP contribution is 2.33. The van der Waals surface area contributed by atoms with Crippen molar-refractivity contribution >= 4 is 0 Å². The summed E-state index contributed by atoms with van der Waals surface area (Å²) in [6.45, 7) is 1.55. The van der Waals surface area contributed by atoms with Crippen LogP contribution in [0.5, 0.6) is 0 Å². The number of hydrogen-bond acceptors (Lipinski definition) is 1. The van der Waals surface area contributed by atoms with Gasteiger partial charge in [-0.2, -0.15) is 13.2 Å². The minimum atomic E-state index is -4.84. The molecule has 0 saturated heterocycles. The summed E-state index contributed by atoms with van der Waals surface area (Å²) < 4.78 is 49.0. The molecule has 0 fully saturated rings. The van der Waals surface area contributed by atoms with Gasteiger partial charge in [0.2, 0.25) is 0 Å². The van der Waals surface area contributed by atoms with Crippen molar-refractivity contribution in [2.45, 2.75) is 19.2 Å². The number of rotatable bonds is 1. The van der Waals surface area contributed by atoms with Crippen LogP contribution in [0.15, 0.2) is 18.2 Å². The summed E-state index contributed by atoms with van der Waals surface area (Å²) in [5.74, 6) is -1.05. The first kappa shape index (κ1) is 11.0. The molecule has 0 amide bonds. The average molecular weight is 208 g/mol. The third-order valence-corrected chi connectivity index (χ3v) is 1.76. The zero-order valence-corrected chi connectivity index (χ0v) is 7.27. The Morgan fingerprint density at radius 1 is 1.29 bits per heavy atom. The predicted octanol–water partition coefficient (Wildman–Crippen LogP) is 2.73. The summed E-state index contributed by atoms with van der Waals surface area (Å²) in [6, 6.07) is 3.19. The lowest BCUT2D eigenvalue weighted by Crippen LogP contribution is -2.21. The van der Waals surface area contributed by atoms with E-state index in [4.69, 9.17) is 5.11 Å². The molecular formula is C9H8F4O. The molecule has 0 aliphatic heterocycles. The van der Waals surface area contributed by atoms with Crippen LogP contribution in [-0.4, -0.2) is 11.3 Å². The number of aryl methyl sites for hydroxylation is 1. The zero-order valence-electron chi connectivity index (χ0n) is 7.27. The van der Waals surface area contributed by atoms with Crippen molar-refractivity contribution in [2.24, 2.45) is 0 Å². The smallest absolute Gasteiger partial charge is 0.379 e. The summed E-state index contributed by atoms with van der Waals surface area (Å²) in [5.41, 5.74) is -0.247. The lowest BCUT2D eigenvalue weighted by Gasteiger charge is -2.15. The standard InChI is InChI=1S/C9H8F4O/c1-5-2-3-6(7(10)4-5)8(14)9(11,12)13/h2-4,8,14H,1H3/t8-/m1/s1. The SMILES string of the molecule is Cc1ccc([C@@H](O)C(F)(F)F)c(F)c1. The van der Waals surface area contributed by atoms with Crippen LogP contribution >= 0.6 is 0 Å². The Bertz CT molecular complexity index is 332. The van der Waals surface area contributed by atoms with E-state index in [0.29, 0.717) is 5.56 Å². The molecule has 78 valence electrons. The summed E-state index contributed by atoms with van der Waals surface area (Å²) in [7, 11) is 0. The molecule has 1 rings (SSSR count). The Kier molecular flexibility index (Phi) is 2.80. The van der Waals surface area contributed by atoms with Gasteiger partial charge in [-0.3, -0.25) is 0 Å². The van der Waals surface area contributed by atoms with E-state index < -0.39 is 23.7 Å². The summed E-state index contributed by atoms with van der Waals surface area (Å²) in [4.78, 5) is 0. The fraction of sp³-hybridized carbons (Fsp3) is 0.333. The van der Waals surface area contributed by atoms with Crippen molar-refractivity contribution in [3.8, 4) is 0 Å². The molecule has 0 bridgehead atoms. The molecule has 1 aromatic rings. The van der Waals surface area contributed by atoms with Crippen LogP contribution in [0.4, 0.5) is 17.6 Å². The molecule has 1 N–H and O–H groups in total. The molecule has 14 heavy (non-hydrogen) atoms. The number of aliphatic hydroxyl groups excluding tert-OH is 1. The highest BCUT2D eigenvalue weighted by atomic mass is 19.4. The summed E-state index contributed by atoms with van der Waals surface area (Å²) in [6.07, 6.45) is -7.60. The first-order valence-corrected chi connectivity index (χ1v) is 3.83. The first-order chi connectivity index (χ1) is 6.32. The van der Waals surface area contributed by atoms with Gasteiger partial charge in [0, 0.05) is 5.56 Å². The van der Waals surface area contributed by atoms with E-state index in [0.717, 1.165) is 12.1 Å². The molecule has 0 aliphatic carbocycles. The van der Waals surface area contributed by atoms with E-state index in [1.165, 1.54) is 6.07 Å². The van der Waals surface area contributed by atoms with Gasteiger partial charge in [0.15, 0.2) is 6.10 Å². The molecule has 0 radical (unpaired) electrons. The summed E-state index contributed by atoms with van der Waals surface area (Å²) in [5, 5.41) is 8.76. The largest absolute Gasteiger partial charge is 0.418 e. The van der Waals surface area contributed by atoms with Crippen molar-refractivity contribution in [1.29, 1.82) is 0 Å². The van der Waals surface area contributed by atoms with Gasteiger partial charge in [-0.05, 0) is 18.6 Å². The predicted molar refractivity (Wildman–Crippen MR) is 42.2 cm³/mol. The Balaban J connectivity index is 3.08. The lowest BCUT2D eigenvalue weighted by molar-refractivity contribution is -0.207. The van der Waals surface area contributed by atoms with Crippen molar-refractivity contribution < 1.29 is 22.7 Å². The Labute approximate surface area is 78.0 Å². The molecule has 0 spiro atoms. The molecule has 0 unspecified atom stereocenters. The Hall–Kier alpha value is -1.10. The maximum Gasteiger partial charge on any atom is 0.418 e. The lowest BCUT2D eigenvalue weighted by atomic mass is 10.1. The number of halogens is 4. The van der Waals surface area contributed by atoms with Gasteiger partial charge in [0.05, 0.1) is 0 Å². The summed E-state index contributed by atoms with van der Waals surface area (Å²) >= 11 is 0. The minimum Gasteiger partial charge on any atom is -0.379 e. The molecule has 1 aromatic carbocycles. The van der Waals surface area contributed by atoms with Crippen LogP contribution in [0.3, 0.4) is 0 Å². The van der Waals surface area contributed by atoms with Crippen LogP contribution in [0.25, 0.3) is 0 Å². The molecule has 5 heteroatoms. The molecule has 0 aliphatic rings. The van der Waals surface area contributed by atoms with E-state index in [9.17, 15) is 17.6 Å². The third-order valence-electron chi connectivity index (χ3n) is 1.76. The highest BCUT2D eigenvalue weighted by Gasteiger charge is 2.40. The molecular weight excluding hydrogens is 200 g/mol. The Morgan fingerprint density at radius 2 is 1.86 bits per heavy atom.